The van der Waals surface area contributed by atoms with Crippen LogP contribution in [-0.4, -0.2) is 6.21 Å². The Labute approximate surface area is 110 Å². The molecule has 7 heteroatoms. The number of hydrogen-bond acceptors (Lipinski definition) is 2. The van der Waals surface area contributed by atoms with Gasteiger partial charge in [-0.3, -0.25) is 5.43 Å². The Kier molecular flexibility index (Phi) is 3.97. The van der Waals surface area contributed by atoms with Gasteiger partial charge in [-0.2, -0.15) is 5.10 Å². The van der Waals surface area contributed by atoms with E-state index in [1.807, 2.05) is 5.43 Å². The molecule has 0 aliphatic carbocycles. The second kappa shape index (κ2) is 5.68. The van der Waals surface area contributed by atoms with Crippen LogP contribution in [0.1, 0.15) is 5.56 Å². The van der Waals surface area contributed by atoms with Gasteiger partial charge in [-0.05, 0) is 5.56 Å². The first-order valence-electron chi connectivity index (χ1n) is 5.38. The highest BCUT2D eigenvalue weighted by Crippen LogP contribution is 2.26. The Bertz CT molecular complexity index is 627. The maximum atomic E-state index is 13.3. The molecular formula is C13H7F5N2. The Hall–Kier alpha value is -2.44. The van der Waals surface area contributed by atoms with Crippen LogP contribution in [0.25, 0.3) is 0 Å². The van der Waals surface area contributed by atoms with Crippen molar-refractivity contribution in [1.29, 1.82) is 0 Å². The molecule has 0 radical (unpaired) electrons. The van der Waals surface area contributed by atoms with Gasteiger partial charge in [0.1, 0.15) is 5.69 Å². The van der Waals surface area contributed by atoms with E-state index in [1.54, 1.807) is 30.3 Å². The molecule has 2 aromatic carbocycles. The topological polar surface area (TPSA) is 24.4 Å². The molecule has 0 saturated heterocycles. The maximum absolute atomic E-state index is 13.3. The summed E-state index contributed by atoms with van der Waals surface area (Å²) in [7, 11) is 0. The predicted octanol–water partition coefficient (Wildman–Crippen LogP) is 3.83. The number of anilines is 1. The van der Waals surface area contributed by atoms with Gasteiger partial charge in [0.25, 0.3) is 0 Å². The minimum atomic E-state index is -2.21. The zero-order chi connectivity index (χ0) is 14.7. The smallest absolute Gasteiger partial charge is 0.200 e. The number of hydrazone groups is 1. The van der Waals surface area contributed by atoms with Crippen LogP contribution in [0.2, 0.25) is 0 Å². The van der Waals surface area contributed by atoms with Crippen molar-refractivity contribution in [2.75, 3.05) is 5.43 Å². The summed E-state index contributed by atoms with van der Waals surface area (Å²) in [6.45, 7) is 0. The van der Waals surface area contributed by atoms with Gasteiger partial charge in [0.05, 0.1) is 6.21 Å². The van der Waals surface area contributed by atoms with E-state index in [2.05, 4.69) is 5.10 Å². The molecule has 0 bridgehead atoms. The number of rotatable bonds is 3. The molecule has 2 nitrogen and oxygen atoms in total. The van der Waals surface area contributed by atoms with Gasteiger partial charge in [-0.15, -0.1) is 0 Å². The van der Waals surface area contributed by atoms with Crippen LogP contribution in [0.15, 0.2) is 35.4 Å². The monoisotopic (exact) mass is 286 g/mol. The van der Waals surface area contributed by atoms with Gasteiger partial charge in [-0.25, -0.2) is 22.0 Å². The Morgan fingerprint density at radius 3 is 1.80 bits per heavy atom. The van der Waals surface area contributed by atoms with Crippen molar-refractivity contribution in [1.82, 2.24) is 0 Å². The Balaban J connectivity index is 2.29. The van der Waals surface area contributed by atoms with E-state index in [9.17, 15) is 22.0 Å². The van der Waals surface area contributed by atoms with Crippen LogP contribution in [0.4, 0.5) is 27.6 Å². The third kappa shape index (κ3) is 2.61. The molecular weight excluding hydrogens is 279 g/mol. The van der Waals surface area contributed by atoms with Crippen LogP contribution in [0.5, 0.6) is 0 Å². The van der Waals surface area contributed by atoms with E-state index in [4.69, 9.17) is 0 Å². The molecule has 20 heavy (non-hydrogen) atoms. The first-order chi connectivity index (χ1) is 9.52. The Morgan fingerprint density at radius 1 is 0.750 bits per heavy atom. The number of nitrogens with zero attached hydrogens (tertiary/aromatic N) is 1. The number of benzene rings is 2. The summed E-state index contributed by atoms with van der Waals surface area (Å²) in [4.78, 5) is 0. The highest BCUT2D eigenvalue weighted by atomic mass is 19.2. The fourth-order valence-corrected chi connectivity index (χ4v) is 1.41. The SMILES string of the molecule is Fc1c(F)c(F)c(N/N=C/c2ccccc2)c(F)c1F. The van der Waals surface area contributed by atoms with Crippen molar-refractivity contribution in [3.8, 4) is 0 Å². The first-order valence-corrected chi connectivity index (χ1v) is 5.38. The number of nitrogens with one attached hydrogen (secondary N) is 1. The fourth-order valence-electron chi connectivity index (χ4n) is 1.41. The average molecular weight is 286 g/mol. The molecule has 0 fully saturated rings. The summed E-state index contributed by atoms with van der Waals surface area (Å²) >= 11 is 0. The lowest BCUT2D eigenvalue weighted by Crippen LogP contribution is -2.06. The number of halogens is 5. The molecule has 0 spiro atoms. The van der Waals surface area contributed by atoms with E-state index in [0.717, 1.165) is 0 Å². The average Bonchev–Trinajstić information content (AvgIpc) is 2.48. The fraction of sp³-hybridized carbons (Fsp3) is 0. The van der Waals surface area contributed by atoms with E-state index in [-0.39, 0.29) is 0 Å². The standard InChI is InChI=1S/C13H7F5N2/c14-8-9(15)11(17)13(12(18)10(8)16)20-19-6-7-4-2-1-3-5-7/h1-6,20H/b19-6+. The highest BCUT2D eigenvalue weighted by Gasteiger charge is 2.25. The third-order valence-electron chi connectivity index (χ3n) is 2.40. The van der Waals surface area contributed by atoms with Crippen molar-refractivity contribution < 1.29 is 22.0 Å². The lowest BCUT2D eigenvalue weighted by molar-refractivity contribution is 0.381. The number of hydrogen-bond donors (Lipinski definition) is 1. The van der Waals surface area contributed by atoms with Crippen LogP contribution in [0.3, 0.4) is 0 Å². The summed E-state index contributed by atoms with van der Waals surface area (Å²) in [5.74, 6) is -10.2. The van der Waals surface area contributed by atoms with Crippen molar-refractivity contribution in [2.24, 2.45) is 5.10 Å². The summed E-state index contributed by atoms with van der Waals surface area (Å²) in [6.07, 6.45) is 1.18. The van der Waals surface area contributed by atoms with E-state index in [0.29, 0.717) is 5.56 Å². The molecule has 1 N–H and O–H groups in total. The molecule has 0 saturated carbocycles. The van der Waals surface area contributed by atoms with Gasteiger partial charge in [0.2, 0.25) is 5.82 Å². The Morgan fingerprint density at radius 2 is 1.25 bits per heavy atom. The molecule has 0 aliphatic heterocycles. The molecule has 0 aliphatic rings. The summed E-state index contributed by atoms with van der Waals surface area (Å²) in [5.41, 5.74) is 1.20. The van der Waals surface area contributed by atoms with Gasteiger partial charge in [0.15, 0.2) is 23.3 Å². The summed E-state index contributed by atoms with van der Waals surface area (Å²) in [5, 5.41) is 3.43. The van der Waals surface area contributed by atoms with Crippen LogP contribution in [0, 0.1) is 29.1 Å². The molecule has 0 unspecified atom stereocenters. The minimum absolute atomic E-state index is 0.587. The molecule has 0 amide bonds. The summed E-state index contributed by atoms with van der Waals surface area (Å²) < 4.78 is 65.1. The van der Waals surface area contributed by atoms with Gasteiger partial charge in [0, 0.05) is 0 Å². The quantitative estimate of drug-likeness (QED) is 0.299. The highest BCUT2D eigenvalue weighted by molar-refractivity contribution is 5.80. The van der Waals surface area contributed by atoms with Crippen LogP contribution >= 0.6 is 0 Å². The van der Waals surface area contributed by atoms with E-state index >= 15 is 0 Å². The second-order valence-corrected chi connectivity index (χ2v) is 3.73. The first kappa shape index (κ1) is 14.0. The molecule has 2 rings (SSSR count). The van der Waals surface area contributed by atoms with Gasteiger partial charge < -0.3 is 0 Å². The molecule has 0 heterocycles. The predicted molar refractivity (Wildman–Crippen MR) is 63.9 cm³/mol. The van der Waals surface area contributed by atoms with Crippen molar-refractivity contribution in [3.63, 3.8) is 0 Å². The second-order valence-electron chi connectivity index (χ2n) is 3.73. The zero-order valence-electron chi connectivity index (χ0n) is 9.80. The third-order valence-corrected chi connectivity index (χ3v) is 2.40. The minimum Gasteiger partial charge on any atom is -0.272 e. The molecule has 0 atom stereocenters. The largest absolute Gasteiger partial charge is 0.272 e. The van der Waals surface area contributed by atoms with E-state index < -0.39 is 34.8 Å². The molecule has 104 valence electrons. The summed E-state index contributed by atoms with van der Waals surface area (Å²) in [6, 6.07) is 8.42. The molecule has 2 aromatic rings. The van der Waals surface area contributed by atoms with Crippen LogP contribution in [-0.2, 0) is 0 Å². The van der Waals surface area contributed by atoms with Gasteiger partial charge in [-0.1, -0.05) is 30.3 Å². The lowest BCUT2D eigenvalue weighted by Gasteiger charge is -2.06. The normalized spacial score (nSPS) is 11.1. The zero-order valence-corrected chi connectivity index (χ0v) is 9.80. The van der Waals surface area contributed by atoms with Crippen molar-refractivity contribution in [2.45, 2.75) is 0 Å². The van der Waals surface area contributed by atoms with Crippen molar-refractivity contribution >= 4 is 11.9 Å². The maximum Gasteiger partial charge on any atom is 0.200 e. The van der Waals surface area contributed by atoms with Crippen LogP contribution < -0.4 is 5.43 Å². The van der Waals surface area contributed by atoms with Crippen molar-refractivity contribution in [3.05, 3.63) is 65.0 Å². The van der Waals surface area contributed by atoms with Gasteiger partial charge >= 0.3 is 0 Å². The molecule has 0 aromatic heterocycles. The van der Waals surface area contributed by atoms with E-state index in [1.165, 1.54) is 6.21 Å². The lowest BCUT2D eigenvalue weighted by atomic mass is 10.2.